The maximum Gasteiger partial charge on any atom is 0.232 e. The van der Waals surface area contributed by atoms with Gasteiger partial charge in [-0.25, -0.2) is 0 Å². The van der Waals surface area contributed by atoms with Gasteiger partial charge in [0, 0.05) is 19.1 Å². The quantitative estimate of drug-likeness (QED) is 0.191. The highest BCUT2D eigenvalue weighted by Gasteiger charge is 2.21. The van der Waals surface area contributed by atoms with Crippen LogP contribution in [-0.2, 0) is 19.6 Å². The van der Waals surface area contributed by atoms with Crippen molar-refractivity contribution in [1.82, 2.24) is 15.0 Å². The maximum absolute atomic E-state index is 5.78. The number of benzene rings is 3. The Morgan fingerprint density at radius 1 is 0.690 bits per heavy atom. The van der Waals surface area contributed by atoms with Gasteiger partial charge in [-0.15, -0.1) is 0 Å². The molecule has 4 aromatic rings. The number of methoxy groups -OCH3 is 4. The van der Waals surface area contributed by atoms with Crippen LogP contribution in [0.3, 0.4) is 0 Å². The van der Waals surface area contributed by atoms with Crippen LogP contribution in [0, 0.1) is 6.92 Å². The molecule has 3 aromatic carbocycles. The van der Waals surface area contributed by atoms with E-state index >= 15 is 0 Å². The van der Waals surface area contributed by atoms with E-state index in [4.69, 9.17) is 28.9 Å². The molecule has 0 fully saturated rings. The van der Waals surface area contributed by atoms with Crippen molar-refractivity contribution in [2.24, 2.45) is 0 Å². The molecule has 0 bridgehead atoms. The molecule has 222 valence electrons. The Kier molecular flexibility index (Phi) is 10.3. The second-order valence-electron chi connectivity index (χ2n) is 10.1. The van der Waals surface area contributed by atoms with Gasteiger partial charge in [-0.3, -0.25) is 0 Å². The third-order valence-electron chi connectivity index (χ3n) is 6.57. The molecule has 42 heavy (non-hydrogen) atoms. The van der Waals surface area contributed by atoms with Gasteiger partial charge in [0.1, 0.15) is 23.0 Å². The van der Waals surface area contributed by atoms with E-state index in [9.17, 15) is 0 Å². The molecule has 0 radical (unpaired) electrons. The predicted molar refractivity (Wildman–Crippen MR) is 166 cm³/mol. The topological polar surface area (TPSA) is 103 Å². The van der Waals surface area contributed by atoms with E-state index in [0.29, 0.717) is 37.5 Å². The minimum atomic E-state index is 0.127. The van der Waals surface area contributed by atoms with E-state index in [0.717, 1.165) is 45.3 Å². The predicted octanol–water partition coefficient (Wildman–Crippen LogP) is 5.85. The van der Waals surface area contributed by atoms with Crippen LogP contribution >= 0.6 is 0 Å². The second kappa shape index (κ2) is 14.2. The van der Waals surface area contributed by atoms with Gasteiger partial charge in [0.25, 0.3) is 0 Å². The van der Waals surface area contributed by atoms with Gasteiger partial charge >= 0.3 is 0 Å². The highest BCUT2D eigenvalue weighted by molar-refractivity contribution is 5.52. The van der Waals surface area contributed by atoms with Gasteiger partial charge in [0.2, 0.25) is 17.8 Å². The molecular weight excluding hydrogens is 532 g/mol. The smallest absolute Gasteiger partial charge is 0.232 e. The number of aryl methyl sites for hydroxylation is 1. The lowest BCUT2D eigenvalue weighted by atomic mass is 10.1. The highest BCUT2D eigenvalue weighted by Crippen LogP contribution is 2.33. The van der Waals surface area contributed by atoms with Gasteiger partial charge in [-0.2, -0.15) is 15.0 Å². The number of ether oxygens (including phenoxy) is 4. The molecule has 0 atom stereocenters. The summed E-state index contributed by atoms with van der Waals surface area (Å²) in [5.41, 5.74) is 4.07. The lowest BCUT2D eigenvalue weighted by Crippen LogP contribution is -2.26. The Labute approximate surface area is 248 Å². The molecule has 0 aliphatic heterocycles. The van der Waals surface area contributed by atoms with E-state index in [1.807, 2.05) is 81.4 Å². The van der Waals surface area contributed by atoms with Crippen LogP contribution < -0.4 is 34.5 Å². The SMILES string of the molecule is COc1ccc(CNc2nc(NC(C)C)nc(N(Cc3ccc(OC)cc3)Cc3c(OC)cc(C)cc3OC)n2)cc1. The Morgan fingerprint density at radius 2 is 1.24 bits per heavy atom. The summed E-state index contributed by atoms with van der Waals surface area (Å²) < 4.78 is 22.2. The molecule has 0 spiro atoms. The molecule has 1 aromatic heterocycles. The number of hydrogen-bond acceptors (Lipinski definition) is 10. The second-order valence-corrected chi connectivity index (χ2v) is 10.1. The summed E-state index contributed by atoms with van der Waals surface area (Å²) in [6.45, 7) is 7.60. The lowest BCUT2D eigenvalue weighted by molar-refractivity contribution is 0.383. The minimum Gasteiger partial charge on any atom is -0.497 e. The summed E-state index contributed by atoms with van der Waals surface area (Å²) in [5.74, 6) is 4.52. The minimum absolute atomic E-state index is 0.127. The first-order valence-corrected chi connectivity index (χ1v) is 13.8. The standard InChI is InChI=1S/C32H40N6O4/c1-21(2)34-31-35-30(33-18-23-8-12-25(39-4)13-9-23)36-32(37-31)38(19-24-10-14-26(40-5)15-11-24)20-27-28(41-6)16-22(3)17-29(27)42-7/h8-17,21H,18-20H2,1-7H3,(H2,33,34,35,36,37). The van der Waals surface area contributed by atoms with Crippen molar-refractivity contribution in [3.8, 4) is 23.0 Å². The van der Waals surface area contributed by atoms with Crippen LogP contribution in [0.2, 0.25) is 0 Å². The summed E-state index contributed by atoms with van der Waals surface area (Å²) >= 11 is 0. The van der Waals surface area contributed by atoms with Crippen molar-refractivity contribution in [2.45, 2.75) is 46.4 Å². The van der Waals surface area contributed by atoms with Crippen molar-refractivity contribution in [3.05, 3.63) is 82.9 Å². The van der Waals surface area contributed by atoms with Crippen LogP contribution in [0.1, 0.15) is 36.1 Å². The van der Waals surface area contributed by atoms with Crippen molar-refractivity contribution < 1.29 is 18.9 Å². The molecule has 0 saturated carbocycles. The zero-order valence-corrected chi connectivity index (χ0v) is 25.4. The molecule has 2 N–H and O–H groups in total. The van der Waals surface area contributed by atoms with Crippen LogP contribution in [0.15, 0.2) is 60.7 Å². The first kappa shape index (κ1) is 30.2. The van der Waals surface area contributed by atoms with Crippen molar-refractivity contribution in [2.75, 3.05) is 44.0 Å². The molecule has 0 aliphatic rings. The maximum atomic E-state index is 5.78. The Balaban J connectivity index is 1.74. The fourth-order valence-corrected chi connectivity index (χ4v) is 4.44. The Bertz CT molecular complexity index is 1420. The molecule has 0 unspecified atom stereocenters. The zero-order chi connectivity index (χ0) is 30.1. The fraction of sp³-hybridized carbons (Fsp3) is 0.344. The molecule has 0 amide bonds. The lowest BCUT2D eigenvalue weighted by Gasteiger charge is -2.26. The van der Waals surface area contributed by atoms with E-state index in [2.05, 4.69) is 20.5 Å². The molecule has 0 aliphatic carbocycles. The first-order valence-electron chi connectivity index (χ1n) is 13.8. The summed E-state index contributed by atoms with van der Waals surface area (Å²) in [4.78, 5) is 16.4. The van der Waals surface area contributed by atoms with Crippen molar-refractivity contribution in [3.63, 3.8) is 0 Å². The number of aromatic nitrogens is 3. The van der Waals surface area contributed by atoms with E-state index in [-0.39, 0.29) is 6.04 Å². The number of nitrogens with zero attached hydrogens (tertiary/aromatic N) is 4. The van der Waals surface area contributed by atoms with Crippen LogP contribution in [0.25, 0.3) is 0 Å². The molecule has 4 rings (SSSR count). The monoisotopic (exact) mass is 572 g/mol. The normalized spacial score (nSPS) is 10.8. The van der Waals surface area contributed by atoms with Gasteiger partial charge in [0.15, 0.2) is 0 Å². The third kappa shape index (κ3) is 7.93. The fourth-order valence-electron chi connectivity index (χ4n) is 4.44. The third-order valence-corrected chi connectivity index (χ3v) is 6.57. The van der Waals surface area contributed by atoms with Crippen LogP contribution in [0.4, 0.5) is 17.8 Å². The molecule has 0 saturated heterocycles. The molecule has 1 heterocycles. The summed E-state index contributed by atoms with van der Waals surface area (Å²) in [5, 5.41) is 6.70. The van der Waals surface area contributed by atoms with Crippen molar-refractivity contribution >= 4 is 17.8 Å². The summed E-state index contributed by atoms with van der Waals surface area (Å²) in [6, 6.07) is 20.0. The molecule has 10 nitrogen and oxygen atoms in total. The van der Waals surface area contributed by atoms with E-state index in [1.165, 1.54) is 0 Å². The average molecular weight is 573 g/mol. The summed E-state index contributed by atoms with van der Waals surface area (Å²) in [6.07, 6.45) is 0. The number of rotatable bonds is 14. The molecular formula is C32H40N6O4. The van der Waals surface area contributed by atoms with Gasteiger partial charge in [0.05, 0.1) is 40.5 Å². The zero-order valence-electron chi connectivity index (χ0n) is 25.4. The number of anilines is 3. The first-order chi connectivity index (χ1) is 20.3. The highest BCUT2D eigenvalue weighted by atomic mass is 16.5. The largest absolute Gasteiger partial charge is 0.497 e. The Morgan fingerprint density at radius 3 is 1.76 bits per heavy atom. The Hall–Kier alpha value is -4.73. The van der Waals surface area contributed by atoms with Crippen LogP contribution in [0.5, 0.6) is 23.0 Å². The number of hydrogen-bond donors (Lipinski definition) is 2. The van der Waals surface area contributed by atoms with Crippen LogP contribution in [-0.4, -0.2) is 49.4 Å². The van der Waals surface area contributed by atoms with Crippen molar-refractivity contribution in [1.29, 1.82) is 0 Å². The van der Waals surface area contributed by atoms with Gasteiger partial charge in [-0.1, -0.05) is 24.3 Å². The average Bonchev–Trinajstić information content (AvgIpc) is 3.00. The van der Waals surface area contributed by atoms with Gasteiger partial charge < -0.3 is 34.5 Å². The molecule has 10 heteroatoms. The van der Waals surface area contributed by atoms with E-state index < -0.39 is 0 Å². The van der Waals surface area contributed by atoms with E-state index in [1.54, 1.807) is 28.4 Å². The van der Waals surface area contributed by atoms with Gasteiger partial charge in [-0.05, 0) is 73.9 Å². The number of nitrogens with one attached hydrogen (secondary N) is 2. The summed E-state index contributed by atoms with van der Waals surface area (Å²) in [7, 11) is 6.65.